The summed E-state index contributed by atoms with van der Waals surface area (Å²) in [6.07, 6.45) is 3.28. The Bertz CT molecular complexity index is 910. The number of hydrogen-bond donors (Lipinski definition) is 1. The molecule has 2 bridgehead atoms. The molecule has 0 aromatic heterocycles. The molecule has 6 rings (SSSR count). The van der Waals surface area contributed by atoms with Crippen LogP contribution in [0.5, 0.6) is 0 Å². The fraction of sp³-hybridized carbons (Fsp3) is 0.654. The van der Waals surface area contributed by atoms with Crippen molar-refractivity contribution in [1.82, 2.24) is 4.90 Å². The van der Waals surface area contributed by atoms with Crippen molar-refractivity contribution < 1.29 is 18.7 Å². The summed E-state index contributed by atoms with van der Waals surface area (Å²) in [5, 5.41) is 9.10. The van der Waals surface area contributed by atoms with Crippen LogP contribution < -0.4 is 4.90 Å². The van der Waals surface area contributed by atoms with Crippen molar-refractivity contribution in [2.45, 2.75) is 58.8 Å². The maximum Gasteiger partial charge on any atom is 0.335 e. The van der Waals surface area contributed by atoms with Crippen LogP contribution in [0.2, 0.25) is 0 Å². The number of aromatic carboxylic acids is 1. The van der Waals surface area contributed by atoms with Gasteiger partial charge in [0.1, 0.15) is 0 Å². The molecule has 1 aromatic rings. The second-order valence-corrected chi connectivity index (χ2v) is 11.5. The van der Waals surface area contributed by atoms with Gasteiger partial charge in [0, 0.05) is 43.8 Å². The van der Waals surface area contributed by atoms with E-state index in [1.54, 1.807) is 12.1 Å². The topological polar surface area (TPSA) is 43.8 Å². The highest BCUT2D eigenvalue weighted by molar-refractivity contribution is 5.88. The van der Waals surface area contributed by atoms with Crippen LogP contribution in [0.1, 0.15) is 62.7 Å². The number of halogens is 2. The minimum absolute atomic E-state index is 0.0932. The number of benzene rings is 1. The molecule has 0 spiro atoms. The van der Waals surface area contributed by atoms with Gasteiger partial charge >= 0.3 is 5.97 Å². The number of allylic oxidation sites excluding steroid dienone is 1. The third-order valence-electron chi connectivity index (χ3n) is 8.61. The number of nitrogens with zero attached hydrogens (tertiary/aromatic N) is 2. The molecule has 1 saturated heterocycles. The van der Waals surface area contributed by atoms with Crippen LogP contribution in [-0.4, -0.2) is 55.1 Å². The monoisotopic (exact) mass is 444 g/mol. The molecular formula is C26H34F2N2O2. The van der Waals surface area contributed by atoms with E-state index < -0.39 is 17.8 Å². The number of carbonyl (C=O) groups is 1. The Morgan fingerprint density at radius 3 is 2.25 bits per heavy atom. The lowest BCUT2D eigenvalue weighted by atomic mass is 9.32. The number of anilines is 1. The van der Waals surface area contributed by atoms with Crippen molar-refractivity contribution in [1.29, 1.82) is 0 Å². The predicted octanol–water partition coefficient (Wildman–Crippen LogP) is 5.45. The zero-order chi connectivity index (χ0) is 22.7. The second kappa shape index (κ2) is 7.54. The third-order valence-corrected chi connectivity index (χ3v) is 8.61. The van der Waals surface area contributed by atoms with Crippen molar-refractivity contribution in [3.05, 3.63) is 41.0 Å². The standard InChI is InChI=1S/C26H34F2N2O2/c1-24(2)8-7-21(25-15-26(16-25,17-25)23(27)28)19(13-24)14-29-9-11-30(12-10-29)20-5-3-18(4-6-20)22(31)32/h3-6,23H,7-17H2,1-2H3,(H,31,32). The summed E-state index contributed by atoms with van der Waals surface area (Å²) < 4.78 is 26.8. The first kappa shape index (κ1) is 21.9. The summed E-state index contributed by atoms with van der Waals surface area (Å²) in [6, 6.07) is 7.12. The molecule has 0 radical (unpaired) electrons. The third kappa shape index (κ3) is 3.64. The summed E-state index contributed by atoms with van der Waals surface area (Å²) >= 11 is 0. The Morgan fingerprint density at radius 1 is 1.06 bits per heavy atom. The second-order valence-electron chi connectivity index (χ2n) is 11.5. The molecule has 6 heteroatoms. The SMILES string of the molecule is CC1(C)CCC(C23CC(C(F)F)(C2)C3)=C(CN2CCN(c3ccc(C(=O)O)cc3)CC2)C1. The molecule has 4 nitrogen and oxygen atoms in total. The van der Waals surface area contributed by atoms with Gasteiger partial charge in [-0.3, -0.25) is 4.90 Å². The van der Waals surface area contributed by atoms with Crippen molar-refractivity contribution >= 4 is 11.7 Å². The van der Waals surface area contributed by atoms with Gasteiger partial charge in [0.2, 0.25) is 6.43 Å². The van der Waals surface area contributed by atoms with Gasteiger partial charge in [-0.05, 0) is 73.6 Å². The molecule has 0 unspecified atom stereocenters. The lowest BCUT2D eigenvalue weighted by Crippen LogP contribution is -2.66. The number of piperazine rings is 1. The number of alkyl halides is 2. The molecule has 32 heavy (non-hydrogen) atoms. The van der Waals surface area contributed by atoms with Crippen LogP contribution in [0.25, 0.3) is 0 Å². The molecule has 1 aromatic carbocycles. The van der Waals surface area contributed by atoms with Crippen LogP contribution in [-0.2, 0) is 0 Å². The van der Waals surface area contributed by atoms with Crippen LogP contribution in [0, 0.1) is 16.2 Å². The molecular weight excluding hydrogens is 410 g/mol. The van der Waals surface area contributed by atoms with E-state index in [0.29, 0.717) is 24.8 Å². The van der Waals surface area contributed by atoms with Gasteiger partial charge in [0.15, 0.2) is 0 Å². The first-order valence-corrected chi connectivity index (χ1v) is 11.9. The Balaban J connectivity index is 1.25. The maximum atomic E-state index is 13.4. The number of carboxylic acid groups (broad SMARTS) is 1. The van der Waals surface area contributed by atoms with Crippen molar-refractivity contribution in [2.24, 2.45) is 16.2 Å². The van der Waals surface area contributed by atoms with Gasteiger partial charge in [0.25, 0.3) is 0 Å². The van der Waals surface area contributed by atoms with E-state index in [1.807, 2.05) is 12.1 Å². The van der Waals surface area contributed by atoms with Crippen LogP contribution in [0.4, 0.5) is 14.5 Å². The zero-order valence-corrected chi connectivity index (χ0v) is 19.2. The van der Waals surface area contributed by atoms with E-state index in [0.717, 1.165) is 57.7 Å². The highest BCUT2D eigenvalue weighted by Crippen LogP contribution is 2.79. The quantitative estimate of drug-likeness (QED) is 0.593. The maximum absolute atomic E-state index is 13.4. The van der Waals surface area contributed by atoms with Crippen LogP contribution in [0.15, 0.2) is 35.4 Å². The molecule has 5 aliphatic rings. The highest BCUT2D eigenvalue weighted by Gasteiger charge is 2.73. The van der Waals surface area contributed by atoms with Crippen LogP contribution in [0.3, 0.4) is 0 Å². The van der Waals surface area contributed by atoms with Gasteiger partial charge in [-0.1, -0.05) is 25.0 Å². The smallest absolute Gasteiger partial charge is 0.335 e. The molecule has 174 valence electrons. The fourth-order valence-electron chi connectivity index (χ4n) is 6.87. The minimum Gasteiger partial charge on any atom is -0.478 e. The fourth-order valence-corrected chi connectivity index (χ4v) is 6.87. The van der Waals surface area contributed by atoms with Crippen molar-refractivity contribution in [3.8, 4) is 0 Å². The molecule has 4 aliphatic carbocycles. The van der Waals surface area contributed by atoms with Crippen molar-refractivity contribution in [3.63, 3.8) is 0 Å². The molecule has 0 amide bonds. The summed E-state index contributed by atoms with van der Waals surface area (Å²) in [7, 11) is 0. The highest BCUT2D eigenvalue weighted by atomic mass is 19.3. The normalized spacial score (nSPS) is 32.0. The number of rotatable bonds is 6. The Labute approximate surface area is 189 Å². The average Bonchev–Trinajstić information content (AvgIpc) is 2.67. The summed E-state index contributed by atoms with van der Waals surface area (Å²) in [6.45, 7) is 9.40. The van der Waals surface area contributed by atoms with E-state index in [1.165, 1.54) is 11.1 Å². The van der Waals surface area contributed by atoms with Gasteiger partial charge in [-0.15, -0.1) is 0 Å². The van der Waals surface area contributed by atoms with Gasteiger partial charge in [-0.2, -0.15) is 0 Å². The Morgan fingerprint density at radius 2 is 1.69 bits per heavy atom. The molecule has 1 heterocycles. The van der Waals surface area contributed by atoms with E-state index >= 15 is 0 Å². The first-order chi connectivity index (χ1) is 15.1. The Kier molecular flexibility index (Phi) is 5.16. The van der Waals surface area contributed by atoms with Gasteiger partial charge in [0.05, 0.1) is 5.56 Å². The predicted molar refractivity (Wildman–Crippen MR) is 121 cm³/mol. The first-order valence-electron chi connectivity index (χ1n) is 11.9. The number of hydrogen-bond acceptors (Lipinski definition) is 3. The minimum atomic E-state index is -2.16. The summed E-state index contributed by atoms with van der Waals surface area (Å²) in [5.41, 5.74) is 4.17. The molecule has 0 atom stereocenters. The number of carboxylic acids is 1. The van der Waals surface area contributed by atoms with E-state index in [9.17, 15) is 13.6 Å². The van der Waals surface area contributed by atoms with Crippen LogP contribution >= 0.6 is 0 Å². The van der Waals surface area contributed by atoms with E-state index in [-0.39, 0.29) is 10.8 Å². The van der Waals surface area contributed by atoms with E-state index in [4.69, 9.17) is 5.11 Å². The average molecular weight is 445 g/mol. The van der Waals surface area contributed by atoms with Gasteiger partial charge < -0.3 is 10.0 Å². The summed E-state index contributed by atoms with van der Waals surface area (Å²) in [4.78, 5) is 15.9. The van der Waals surface area contributed by atoms with Gasteiger partial charge in [-0.25, -0.2) is 13.6 Å². The van der Waals surface area contributed by atoms with Crippen molar-refractivity contribution in [2.75, 3.05) is 37.6 Å². The zero-order valence-electron chi connectivity index (χ0n) is 19.2. The lowest BCUT2D eigenvalue weighted by Gasteiger charge is -2.72. The Hall–Kier alpha value is -1.95. The molecule has 1 aliphatic heterocycles. The lowest BCUT2D eigenvalue weighted by molar-refractivity contribution is -0.249. The molecule has 3 saturated carbocycles. The van der Waals surface area contributed by atoms with E-state index in [2.05, 4.69) is 23.6 Å². The molecule has 4 fully saturated rings. The largest absolute Gasteiger partial charge is 0.478 e. The molecule has 1 N–H and O–H groups in total. The summed E-state index contributed by atoms with van der Waals surface area (Å²) in [5.74, 6) is -0.899.